The highest BCUT2D eigenvalue weighted by molar-refractivity contribution is 5.82. The maximum absolute atomic E-state index is 12.2. The first-order chi connectivity index (χ1) is 10.1. The van der Waals surface area contributed by atoms with Crippen LogP contribution < -0.4 is 16.0 Å². The molecule has 0 saturated carbocycles. The van der Waals surface area contributed by atoms with Crippen molar-refractivity contribution < 1.29 is 4.79 Å². The van der Waals surface area contributed by atoms with E-state index < -0.39 is 0 Å². The number of hydrogen-bond donors (Lipinski definition) is 2. The second-order valence-corrected chi connectivity index (χ2v) is 5.95. The summed E-state index contributed by atoms with van der Waals surface area (Å²) >= 11 is 0. The highest BCUT2D eigenvalue weighted by Crippen LogP contribution is 2.27. The first-order valence-corrected chi connectivity index (χ1v) is 8.00. The fourth-order valence-electron chi connectivity index (χ4n) is 3.02. The number of carbonyl (C=O) groups excluding carboxylic acids is 1. The standard InChI is InChI=1S/C17H27N3O/c1-3-5-13(2)19-17(21)12-20-9-4-6-15-10-14(11-18)7-8-16(15)20/h7-8,10,13H,3-6,9,11-12,18H2,1-2H3,(H,19,21). The minimum absolute atomic E-state index is 0.117. The first kappa shape index (κ1) is 15.8. The maximum Gasteiger partial charge on any atom is 0.239 e. The van der Waals surface area contributed by atoms with E-state index in [0.717, 1.165) is 37.8 Å². The molecule has 3 N–H and O–H groups in total. The third-order valence-corrected chi connectivity index (χ3v) is 4.06. The van der Waals surface area contributed by atoms with Crippen molar-refractivity contribution in [2.45, 2.75) is 52.1 Å². The van der Waals surface area contributed by atoms with Gasteiger partial charge in [-0.1, -0.05) is 25.5 Å². The van der Waals surface area contributed by atoms with Crippen LogP contribution in [0.5, 0.6) is 0 Å². The lowest BCUT2D eigenvalue weighted by molar-refractivity contribution is -0.120. The molecule has 2 rings (SSSR count). The average molecular weight is 289 g/mol. The van der Waals surface area contributed by atoms with Crippen LogP contribution in [0.2, 0.25) is 0 Å². The van der Waals surface area contributed by atoms with Crippen LogP contribution in [-0.2, 0) is 17.8 Å². The van der Waals surface area contributed by atoms with E-state index in [1.807, 2.05) is 0 Å². The van der Waals surface area contributed by atoms with E-state index in [4.69, 9.17) is 5.73 Å². The molecule has 1 aliphatic rings. The Morgan fingerprint density at radius 1 is 1.48 bits per heavy atom. The zero-order valence-electron chi connectivity index (χ0n) is 13.2. The number of rotatable bonds is 6. The predicted molar refractivity (Wildman–Crippen MR) is 87.4 cm³/mol. The number of nitrogens with zero attached hydrogens (tertiary/aromatic N) is 1. The van der Waals surface area contributed by atoms with Gasteiger partial charge in [0.2, 0.25) is 5.91 Å². The van der Waals surface area contributed by atoms with Crippen LogP contribution in [-0.4, -0.2) is 25.0 Å². The van der Waals surface area contributed by atoms with Crippen LogP contribution in [0.15, 0.2) is 18.2 Å². The molecule has 4 heteroatoms. The molecule has 1 atom stereocenters. The Morgan fingerprint density at radius 2 is 2.29 bits per heavy atom. The van der Waals surface area contributed by atoms with Gasteiger partial charge in [-0.25, -0.2) is 0 Å². The van der Waals surface area contributed by atoms with Crippen LogP contribution in [0.4, 0.5) is 5.69 Å². The van der Waals surface area contributed by atoms with Gasteiger partial charge in [-0.15, -0.1) is 0 Å². The molecule has 0 fully saturated rings. The van der Waals surface area contributed by atoms with Gasteiger partial charge in [-0.05, 0) is 43.4 Å². The molecule has 1 amide bonds. The number of aryl methyl sites for hydroxylation is 1. The molecule has 21 heavy (non-hydrogen) atoms. The van der Waals surface area contributed by atoms with Crippen molar-refractivity contribution in [3.63, 3.8) is 0 Å². The third kappa shape index (κ3) is 4.21. The number of fused-ring (bicyclic) bond motifs is 1. The Balaban J connectivity index is 2.01. The molecule has 4 nitrogen and oxygen atoms in total. The van der Waals surface area contributed by atoms with Gasteiger partial charge < -0.3 is 16.0 Å². The van der Waals surface area contributed by atoms with E-state index in [0.29, 0.717) is 13.1 Å². The summed E-state index contributed by atoms with van der Waals surface area (Å²) < 4.78 is 0. The Kier molecular flexibility index (Phi) is 5.62. The molecule has 116 valence electrons. The summed E-state index contributed by atoms with van der Waals surface area (Å²) in [6, 6.07) is 6.61. The van der Waals surface area contributed by atoms with Crippen molar-refractivity contribution in [3.05, 3.63) is 29.3 Å². The molecule has 0 aromatic heterocycles. The summed E-state index contributed by atoms with van der Waals surface area (Å²) in [5.74, 6) is 0.117. The Morgan fingerprint density at radius 3 is 3.00 bits per heavy atom. The van der Waals surface area contributed by atoms with E-state index in [9.17, 15) is 4.79 Å². The number of benzene rings is 1. The van der Waals surface area contributed by atoms with E-state index in [1.54, 1.807) is 0 Å². The molecule has 0 saturated heterocycles. The summed E-state index contributed by atoms with van der Waals surface area (Å²) in [5.41, 5.74) is 9.38. The van der Waals surface area contributed by atoms with Crippen molar-refractivity contribution in [2.24, 2.45) is 5.73 Å². The fourth-order valence-corrected chi connectivity index (χ4v) is 3.02. The number of nitrogens with two attached hydrogens (primary N) is 1. The number of carbonyl (C=O) groups is 1. The van der Waals surface area contributed by atoms with Gasteiger partial charge in [-0.3, -0.25) is 4.79 Å². The predicted octanol–water partition coefficient (Wildman–Crippen LogP) is 2.20. The topological polar surface area (TPSA) is 58.4 Å². The summed E-state index contributed by atoms with van der Waals surface area (Å²) in [6.45, 7) is 6.17. The number of amides is 1. The normalized spacial score (nSPS) is 15.5. The van der Waals surface area contributed by atoms with E-state index in [1.165, 1.54) is 11.3 Å². The van der Waals surface area contributed by atoms with Gasteiger partial charge in [0.15, 0.2) is 0 Å². The van der Waals surface area contributed by atoms with E-state index in [-0.39, 0.29) is 11.9 Å². The van der Waals surface area contributed by atoms with E-state index in [2.05, 4.69) is 42.3 Å². The van der Waals surface area contributed by atoms with Crippen LogP contribution in [0, 0.1) is 0 Å². The summed E-state index contributed by atoms with van der Waals surface area (Å²) in [7, 11) is 0. The molecule has 0 aliphatic carbocycles. The number of anilines is 1. The summed E-state index contributed by atoms with van der Waals surface area (Å²) in [5, 5.41) is 3.08. The largest absolute Gasteiger partial charge is 0.362 e. The molecule has 1 aromatic rings. The molecule has 1 aliphatic heterocycles. The van der Waals surface area contributed by atoms with Gasteiger partial charge in [0.25, 0.3) is 0 Å². The lowest BCUT2D eigenvalue weighted by atomic mass is 9.99. The van der Waals surface area contributed by atoms with Crippen molar-refractivity contribution in [1.29, 1.82) is 0 Å². The zero-order valence-corrected chi connectivity index (χ0v) is 13.2. The van der Waals surface area contributed by atoms with Crippen LogP contribution in [0.25, 0.3) is 0 Å². The maximum atomic E-state index is 12.2. The highest BCUT2D eigenvalue weighted by Gasteiger charge is 2.19. The molecule has 0 bridgehead atoms. The average Bonchev–Trinajstić information content (AvgIpc) is 2.47. The molecular weight excluding hydrogens is 262 g/mol. The lowest BCUT2D eigenvalue weighted by Crippen LogP contribution is -2.42. The van der Waals surface area contributed by atoms with Gasteiger partial charge >= 0.3 is 0 Å². The molecule has 1 heterocycles. The fraction of sp³-hybridized carbons (Fsp3) is 0.588. The molecule has 0 spiro atoms. The molecule has 0 radical (unpaired) electrons. The van der Waals surface area contributed by atoms with Crippen LogP contribution in [0.1, 0.15) is 44.2 Å². The third-order valence-electron chi connectivity index (χ3n) is 4.06. The Bertz CT molecular complexity index is 487. The van der Waals surface area contributed by atoms with Gasteiger partial charge in [0, 0.05) is 24.8 Å². The van der Waals surface area contributed by atoms with E-state index >= 15 is 0 Å². The second-order valence-electron chi connectivity index (χ2n) is 5.95. The van der Waals surface area contributed by atoms with Gasteiger partial charge in [0.05, 0.1) is 6.54 Å². The van der Waals surface area contributed by atoms with Crippen molar-refractivity contribution in [1.82, 2.24) is 5.32 Å². The van der Waals surface area contributed by atoms with Crippen LogP contribution >= 0.6 is 0 Å². The van der Waals surface area contributed by atoms with Gasteiger partial charge in [0.1, 0.15) is 0 Å². The number of nitrogens with one attached hydrogen (secondary N) is 1. The molecule has 1 aromatic carbocycles. The lowest BCUT2D eigenvalue weighted by Gasteiger charge is -2.31. The smallest absolute Gasteiger partial charge is 0.239 e. The second kappa shape index (κ2) is 7.46. The van der Waals surface area contributed by atoms with Crippen molar-refractivity contribution in [3.8, 4) is 0 Å². The van der Waals surface area contributed by atoms with Crippen LogP contribution in [0.3, 0.4) is 0 Å². The Hall–Kier alpha value is -1.55. The minimum Gasteiger partial charge on any atom is -0.362 e. The first-order valence-electron chi connectivity index (χ1n) is 8.00. The molecular formula is C17H27N3O. The highest BCUT2D eigenvalue weighted by atomic mass is 16.2. The summed E-state index contributed by atoms with van der Waals surface area (Å²) in [4.78, 5) is 14.3. The summed E-state index contributed by atoms with van der Waals surface area (Å²) in [6.07, 6.45) is 4.30. The minimum atomic E-state index is 0.117. The number of hydrogen-bond acceptors (Lipinski definition) is 3. The van der Waals surface area contributed by atoms with Crippen molar-refractivity contribution in [2.75, 3.05) is 18.0 Å². The SMILES string of the molecule is CCCC(C)NC(=O)CN1CCCc2cc(CN)ccc21. The Labute approximate surface area is 127 Å². The van der Waals surface area contributed by atoms with Gasteiger partial charge in [-0.2, -0.15) is 0 Å². The zero-order chi connectivity index (χ0) is 15.2. The molecule has 1 unspecified atom stereocenters. The van der Waals surface area contributed by atoms with Crippen molar-refractivity contribution >= 4 is 11.6 Å². The monoisotopic (exact) mass is 289 g/mol. The quantitative estimate of drug-likeness (QED) is 0.844.